The highest BCUT2D eigenvalue weighted by atomic mass is 16.3. The highest BCUT2D eigenvalue weighted by Crippen LogP contribution is 2.09. The zero-order chi connectivity index (χ0) is 9.03. The minimum Gasteiger partial charge on any atom is -0.378 e. The Kier molecular flexibility index (Phi) is 2.73. The second kappa shape index (κ2) is 3.60. The highest BCUT2D eigenvalue weighted by molar-refractivity contribution is 5.41. The van der Waals surface area contributed by atoms with Crippen molar-refractivity contribution in [2.24, 2.45) is 0 Å². The van der Waals surface area contributed by atoms with Crippen molar-refractivity contribution in [3.05, 3.63) is 30.2 Å². The molecular weight excluding hydrogens is 148 g/mol. The first-order valence-electron chi connectivity index (χ1n) is 4.03. The zero-order valence-corrected chi connectivity index (χ0v) is 7.46. The predicted octanol–water partition coefficient (Wildman–Crippen LogP) is 1.85. The summed E-state index contributed by atoms with van der Waals surface area (Å²) in [5, 5.41) is 9.32. The molecule has 1 N–H and O–H groups in total. The molecule has 1 aliphatic carbocycles. The Morgan fingerprint density at radius 3 is 2.75 bits per heavy atom. The molecule has 0 aromatic carbocycles. The topological polar surface area (TPSA) is 20.2 Å². The van der Waals surface area contributed by atoms with Crippen molar-refractivity contribution in [3.8, 4) is 11.8 Å². The summed E-state index contributed by atoms with van der Waals surface area (Å²) in [6.07, 6.45) is 8.97. The van der Waals surface area contributed by atoms with Crippen LogP contribution in [0.1, 0.15) is 20.3 Å². The summed E-state index contributed by atoms with van der Waals surface area (Å²) in [6, 6.07) is 0. The Morgan fingerprint density at radius 1 is 1.50 bits per heavy atom. The number of hydrogen-bond acceptors (Lipinski definition) is 1. The third-order valence-corrected chi connectivity index (χ3v) is 1.40. The van der Waals surface area contributed by atoms with E-state index >= 15 is 0 Å². The van der Waals surface area contributed by atoms with Gasteiger partial charge in [-0.1, -0.05) is 30.1 Å². The van der Waals surface area contributed by atoms with E-state index in [9.17, 15) is 5.11 Å². The molecule has 12 heavy (non-hydrogen) atoms. The van der Waals surface area contributed by atoms with Gasteiger partial charge in [-0.3, -0.25) is 0 Å². The smallest absolute Gasteiger partial charge is 0.120 e. The molecule has 0 saturated carbocycles. The van der Waals surface area contributed by atoms with Crippen LogP contribution in [0.15, 0.2) is 23.8 Å². The van der Waals surface area contributed by atoms with E-state index in [2.05, 4.69) is 17.9 Å². The standard InChI is InChI=1S/C11H13O/c1-11(2,12)9-8-10-6-4-3-5-7-10/h3-4,6-7,12H,5H2,1-2H3. The van der Waals surface area contributed by atoms with Gasteiger partial charge in [-0.25, -0.2) is 0 Å². The van der Waals surface area contributed by atoms with Crippen LogP contribution in [0.5, 0.6) is 0 Å². The van der Waals surface area contributed by atoms with E-state index in [0.717, 1.165) is 12.0 Å². The molecule has 0 unspecified atom stereocenters. The first-order chi connectivity index (χ1) is 5.58. The Morgan fingerprint density at radius 2 is 2.25 bits per heavy atom. The number of aliphatic hydroxyl groups is 1. The molecule has 0 heterocycles. The normalized spacial score (nSPS) is 16.4. The monoisotopic (exact) mass is 161 g/mol. The fourth-order valence-corrected chi connectivity index (χ4v) is 0.831. The van der Waals surface area contributed by atoms with Gasteiger partial charge in [-0.2, -0.15) is 0 Å². The predicted molar refractivity (Wildman–Crippen MR) is 50.2 cm³/mol. The lowest BCUT2D eigenvalue weighted by molar-refractivity contribution is 0.143. The minimum absolute atomic E-state index is 0.893. The molecule has 0 atom stereocenters. The molecule has 0 saturated heterocycles. The first kappa shape index (κ1) is 9.09. The SMILES string of the molecule is CC(C)(O)C#CC1=CC=CC[CH]1. The van der Waals surface area contributed by atoms with E-state index in [4.69, 9.17) is 0 Å². The van der Waals surface area contributed by atoms with E-state index in [1.807, 2.05) is 18.6 Å². The maximum atomic E-state index is 9.32. The average molecular weight is 161 g/mol. The van der Waals surface area contributed by atoms with Gasteiger partial charge in [0.05, 0.1) is 0 Å². The van der Waals surface area contributed by atoms with E-state index < -0.39 is 5.60 Å². The lowest BCUT2D eigenvalue weighted by Gasteiger charge is -2.07. The van der Waals surface area contributed by atoms with E-state index in [1.165, 1.54) is 0 Å². The maximum absolute atomic E-state index is 9.32. The molecule has 0 aliphatic heterocycles. The molecule has 1 heteroatoms. The van der Waals surface area contributed by atoms with Gasteiger partial charge in [0.1, 0.15) is 5.60 Å². The van der Waals surface area contributed by atoms with Gasteiger partial charge < -0.3 is 5.11 Å². The molecular formula is C11H13O. The lowest BCUT2D eigenvalue weighted by Crippen LogP contribution is -2.14. The maximum Gasteiger partial charge on any atom is 0.120 e. The Labute approximate surface area is 73.8 Å². The van der Waals surface area contributed by atoms with E-state index in [1.54, 1.807) is 13.8 Å². The van der Waals surface area contributed by atoms with Gasteiger partial charge in [-0.15, -0.1) is 0 Å². The molecule has 1 nitrogen and oxygen atoms in total. The van der Waals surface area contributed by atoms with Crippen molar-refractivity contribution in [3.63, 3.8) is 0 Å². The van der Waals surface area contributed by atoms with Crippen molar-refractivity contribution in [1.82, 2.24) is 0 Å². The molecule has 0 spiro atoms. The van der Waals surface area contributed by atoms with Gasteiger partial charge in [-0.05, 0) is 20.3 Å². The quantitative estimate of drug-likeness (QED) is 0.537. The second-order valence-corrected chi connectivity index (χ2v) is 3.30. The fourth-order valence-electron chi connectivity index (χ4n) is 0.831. The van der Waals surface area contributed by atoms with Crippen LogP contribution in [0.25, 0.3) is 0 Å². The molecule has 1 radical (unpaired) electrons. The molecule has 63 valence electrons. The highest BCUT2D eigenvalue weighted by Gasteiger charge is 2.06. The summed E-state index contributed by atoms with van der Waals surface area (Å²) in [4.78, 5) is 0. The summed E-state index contributed by atoms with van der Waals surface area (Å²) in [5.74, 6) is 5.68. The van der Waals surface area contributed by atoms with E-state index in [0.29, 0.717) is 0 Å². The Balaban J connectivity index is 2.65. The van der Waals surface area contributed by atoms with Gasteiger partial charge in [0.25, 0.3) is 0 Å². The van der Waals surface area contributed by atoms with Crippen molar-refractivity contribution in [1.29, 1.82) is 0 Å². The second-order valence-electron chi connectivity index (χ2n) is 3.30. The van der Waals surface area contributed by atoms with Crippen LogP contribution in [0, 0.1) is 18.3 Å². The van der Waals surface area contributed by atoms with Crippen LogP contribution < -0.4 is 0 Å². The van der Waals surface area contributed by atoms with Gasteiger partial charge in [0.2, 0.25) is 0 Å². The van der Waals surface area contributed by atoms with Crippen molar-refractivity contribution < 1.29 is 5.11 Å². The molecule has 0 aromatic rings. The largest absolute Gasteiger partial charge is 0.378 e. The van der Waals surface area contributed by atoms with E-state index in [-0.39, 0.29) is 0 Å². The molecule has 0 fully saturated rings. The van der Waals surface area contributed by atoms with Crippen LogP contribution in [-0.2, 0) is 0 Å². The zero-order valence-electron chi connectivity index (χ0n) is 7.46. The van der Waals surface area contributed by atoms with Crippen LogP contribution in [0.2, 0.25) is 0 Å². The molecule has 0 aromatic heterocycles. The summed E-state index contributed by atoms with van der Waals surface area (Å²) >= 11 is 0. The van der Waals surface area contributed by atoms with Gasteiger partial charge in [0, 0.05) is 12.0 Å². The summed E-state index contributed by atoms with van der Waals surface area (Å²) in [6.45, 7) is 3.36. The number of allylic oxidation sites excluding steroid dienone is 4. The summed E-state index contributed by atoms with van der Waals surface area (Å²) in [7, 11) is 0. The number of hydrogen-bond donors (Lipinski definition) is 1. The van der Waals surface area contributed by atoms with Crippen LogP contribution in [0.4, 0.5) is 0 Å². The minimum atomic E-state index is -0.893. The molecule has 0 amide bonds. The van der Waals surface area contributed by atoms with Crippen molar-refractivity contribution in [2.45, 2.75) is 25.9 Å². The third kappa shape index (κ3) is 3.41. The van der Waals surface area contributed by atoms with Gasteiger partial charge >= 0.3 is 0 Å². The summed E-state index contributed by atoms with van der Waals surface area (Å²) in [5.41, 5.74) is 0.0927. The van der Waals surface area contributed by atoms with Crippen LogP contribution in [0.3, 0.4) is 0 Å². The average Bonchev–Trinajstić information content (AvgIpc) is 2.02. The first-order valence-corrected chi connectivity index (χ1v) is 4.03. The Hall–Kier alpha value is -1.00. The number of rotatable bonds is 0. The van der Waals surface area contributed by atoms with Crippen LogP contribution >= 0.6 is 0 Å². The molecule has 1 rings (SSSR count). The third-order valence-electron chi connectivity index (χ3n) is 1.40. The van der Waals surface area contributed by atoms with Crippen molar-refractivity contribution in [2.75, 3.05) is 0 Å². The lowest BCUT2D eigenvalue weighted by atomic mass is 10.0. The fraction of sp³-hybridized carbons (Fsp3) is 0.364. The summed E-state index contributed by atoms with van der Waals surface area (Å²) < 4.78 is 0. The van der Waals surface area contributed by atoms with Crippen molar-refractivity contribution >= 4 is 0 Å². The van der Waals surface area contributed by atoms with Crippen LogP contribution in [-0.4, -0.2) is 10.7 Å². The molecule has 0 bridgehead atoms. The Bertz CT molecular complexity index is 266. The van der Waals surface area contributed by atoms with Gasteiger partial charge in [0.15, 0.2) is 0 Å². The molecule has 1 aliphatic rings.